The molecule has 0 aliphatic rings. The molecule has 2 aromatic rings. The molecular formula is C15H11BrClNO3. The quantitative estimate of drug-likeness (QED) is 0.606. The van der Waals surface area contributed by atoms with E-state index in [0.29, 0.717) is 10.6 Å². The van der Waals surface area contributed by atoms with E-state index in [1.807, 2.05) is 0 Å². The zero-order chi connectivity index (χ0) is 15.4. The molecule has 2 rings (SSSR count). The summed E-state index contributed by atoms with van der Waals surface area (Å²) in [5.74, 6) is -0.936. The maximum Gasteiger partial charge on any atom is 0.357 e. The van der Waals surface area contributed by atoms with Crippen molar-refractivity contribution in [3.63, 3.8) is 0 Å². The number of pyridine rings is 1. The largest absolute Gasteiger partial charge is 0.450 e. The van der Waals surface area contributed by atoms with Crippen molar-refractivity contribution in [2.75, 3.05) is 0 Å². The van der Waals surface area contributed by atoms with E-state index in [0.717, 1.165) is 4.47 Å². The smallest absolute Gasteiger partial charge is 0.357 e. The Labute approximate surface area is 135 Å². The summed E-state index contributed by atoms with van der Waals surface area (Å²) in [6, 6.07) is 9.60. The average Bonchev–Trinajstić information content (AvgIpc) is 2.47. The van der Waals surface area contributed by atoms with Crippen molar-refractivity contribution in [1.29, 1.82) is 0 Å². The van der Waals surface area contributed by atoms with E-state index in [2.05, 4.69) is 20.9 Å². The van der Waals surface area contributed by atoms with Crippen LogP contribution < -0.4 is 0 Å². The third-order valence-electron chi connectivity index (χ3n) is 2.72. The molecule has 0 aliphatic heterocycles. The van der Waals surface area contributed by atoms with Crippen molar-refractivity contribution in [1.82, 2.24) is 4.98 Å². The highest BCUT2D eigenvalue weighted by molar-refractivity contribution is 9.10. The van der Waals surface area contributed by atoms with E-state index >= 15 is 0 Å². The molecule has 6 heteroatoms. The predicted octanol–water partition coefficient (Wildman–Crippen LogP) is 3.93. The maximum atomic E-state index is 12.1. The van der Waals surface area contributed by atoms with E-state index in [1.54, 1.807) is 30.3 Å². The zero-order valence-electron chi connectivity index (χ0n) is 11.0. The molecule has 1 aromatic heterocycles. The van der Waals surface area contributed by atoms with Crippen molar-refractivity contribution < 1.29 is 14.3 Å². The SMILES string of the molecule is CC(OC(=O)c1ccc(Br)cn1)C(=O)c1ccc(Cl)cc1. The molecule has 1 aromatic carbocycles. The van der Waals surface area contributed by atoms with E-state index in [4.69, 9.17) is 16.3 Å². The monoisotopic (exact) mass is 367 g/mol. The second-order valence-corrected chi connectivity index (χ2v) is 5.63. The maximum absolute atomic E-state index is 12.1. The van der Waals surface area contributed by atoms with Gasteiger partial charge < -0.3 is 4.74 Å². The molecule has 0 amide bonds. The van der Waals surface area contributed by atoms with Crippen LogP contribution in [0.5, 0.6) is 0 Å². The first-order chi connectivity index (χ1) is 9.97. The van der Waals surface area contributed by atoms with Gasteiger partial charge in [0.2, 0.25) is 5.78 Å². The fourth-order valence-corrected chi connectivity index (χ4v) is 1.98. The second kappa shape index (κ2) is 6.83. The van der Waals surface area contributed by atoms with Crippen molar-refractivity contribution in [2.24, 2.45) is 0 Å². The average molecular weight is 369 g/mol. The number of benzene rings is 1. The third-order valence-corrected chi connectivity index (χ3v) is 3.44. The summed E-state index contributed by atoms with van der Waals surface area (Å²) in [5.41, 5.74) is 0.581. The molecule has 1 unspecified atom stereocenters. The van der Waals surface area contributed by atoms with Crippen LogP contribution in [0.1, 0.15) is 27.8 Å². The molecule has 108 valence electrons. The van der Waals surface area contributed by atoms with Gasteiger partial charge in [0, 0.05) is 21.3 Å². The first-order valence-corrected chi connectivity index (χ1v) is 7.27. The van der Waals surface area contributed by atoms with Crippen molar-refractivity contribution >= 4 is 39.3 Å². The topological polar surface area (TPSA) is 56.3 Å². The highest BCUT2D eigenvalue weighted by Gasteiger charge is 2.20. The lowest BCUT2D eigenvalue weighted by Gasteiger charge is -2.12. The normalized spacial score (nSPS) is 11.8. The molecule has 0 spiro atoms. The molecule has 1 heterocycles. The Morgan fingerprint density at radius 1 is 1.19 bits per heavy atom. The number of esters is 1. The number of hydrogen-bond donors (Lipinski definition) is 0. The molecule has 0 aliphatic carbocycles. The van der Waals surface area contributed by atoms with Crippen LogP contribution in [0.2, 0.25) is 5.02 Å². The lowest BCUT2D eigenvalue weighted by Crippen LogP contribution is -2.24. The number of hydrogen-bond acceptors (Lipinski definition) is 4. The zero-order valence-corrected chi connectivity index (χ0v) is 13.4. The molecule has 0 bridgehead atoms. The van der Waals surface area contributed by atoms with Crippen LogP contribution in [-0.4, -0.2) is 22.8 Å². The number of carbonyl (C=O) groups is 2. The van der Waals surface area contributed by atoms with Crippen LogP contribution in [0.4, 0.5) is 0 Å². The van der Waals surface area contributed by atoms with Gasteiger partial charge >= 0.3 is 5.97 Å². The third kappa shape index (κ3) is 4.12. The van der Waals surface area contributed by atoms with Crippen LogP contribution in [-0.2, 0) is 4.74 Å². The van der Waals surface area contributed by atoms with Gasteiger partial charge in [-0.3, -0.25) is 4.79 Å². The van der Waals surface area contributed by atoms with Crippen LogP contribution >= 0.6 is 27.5 Å². The minimum Gasteiger partial charge on any atom is -0.450 e. The number of nitrogens with zero attached hydrogens (tertiary/aromatic N) is 1. The first-order valence-electron chi connectivity index (χ1n) is 6.09. The van der Waals surface area contributed by atoms with Crippen LogP contribution in [0.3, 0.4) is 0 Å². The van der Waals surface area contributed by atoms with E-state index < -0.39 is 12.1 Å². The summed E-state index contributed by atoms with van der Waals surface area (Å²) in [6.07, 6.45) is 0.589. The van der Waals surface area contributed by atoms with Crippen LogP contribution in [0, 0.1) is 0 Å². The summed E-state index contributed by atoms with van der Waals surface area (Å²) in [4.78, 5) is 27.9. The van der Waals surface area contributed by atoms with Gasteiger partial charge in [-0.05, 0) is 59.3 Å². The van der Waals surface area contributed by atoms with E-state index in [-0.39, 0.29) is 11.5 Å². The molecule has 0 radical (unpaired) electrons. The number of Topliss-reactive ketones (excluding diaryl/α,β-unsaturated/α-hetero) is 1. The standard InChI is InChI=1S/C15H11BrClNO3/c1-9(14(19)10-2-5-12(17)6-3-10)21-15(20)13-7-4-11(16)8-18-13/h2-9H,1H3. The number of halogens is 2. The van der Waals surface area contributed by atoms with Gasteiger partial charge in [0.25, 0.3) is 0 Å². The summed E-state index contributed by atoms with van der Waals surface area (Å²) < 4.78 is 5.88. The minimum atomic E-state index is -0.899. The fraction of sp³-hybridized carbons (Fsp3) is 0.133. The van der Waals surface area contributed by atoms with Gasteiger partial charge in [0.15, 0.2) is 6.10 Å². The van der Waals surface area contributed by atoms with Crippen molar-refractivity contribution in [3.05, 3.63) is 63.3 Å². The summed E-state index contributed by atoms with van der Waals surface area (Å²) in [5, 5.41) is 0.537. The number of aromatic nitrogens is 1. The summed E-state index contributed by atoms with van der Waals surface area (Å²) >= 11 is 8.99. The number of ketones is 1. The Kier molecular flexibility index (Phi) is 5.09. The lowest BCUT2D eigenvalue weighted by molar-refractivity contribution is 0.0313. The molecule has 0 saturated carbocycles. The van der Waals surface area contributed by atoms with Crippen molar-refractivity contribution in [3.8, 4) is 0 Å². The van der Waals surface area contributed by atoms with E-state index in [1.165, 1.54) is 19.2 Å². The van der Waals surface area contributed by atoms with Crippen LogP contribution in [0.25, 0.3) is 0 Å². The van der Waals surface area contributed by atoms with Gasteiger partial charge in [-0.1, -0.05) is 11.6 Å². The Morgan fingerprint density at radius 2 is 1.86 bits per heavy atom. The molecule has 0 N–H and O–H groups in total. The Bertz CT molecular complexity index is 656. The van der Waals surface area contributed by atoms with Gasteiger partial charge in [-0.2, -0.15) is 0 Å². The number of ether oxygens (including phenoxy) is 1. The number of rotatable bonds is 4. The minimum absolute atomic E-state index is 0.147. The summed E-state index contributed by atoms with van der Waals surface area (Å²) in [7, 11) is 0. The Morgan fingerprint density at radius 3 is 2.43 bits per heavy atom. The molecule has 0 saturated heterocycles. The van der Waals surface area contributed by atoms with Gasteiger partial charge in [-0.15, -0.1) is 0 Å². The second-order valence-electron chi connectivity index (χ2n) is 4.28. The molecule has 4 nitrogen and oxygen atoms in total. The fourth-order valence-electron chi connectivity index (χ4n) is 1.62. The Balaban J connectivity index is 2.05. The number of carbonyl (C=O) groups excluding carboxylic acids is 2. The van der Waals surface area contributed by atoms with Gasteiger partial charge in [-0.25, -0.2) is 9.78 Å². The molecule has 1 atom stereocenters. The van der Waals surface area contributed by atoms with Crippen molar-refractivity contribution in [2.45, 2.75) is 13.0 Å². The van der Waals surface area contributed by atoms with Crippen LogP contribution in [0.15, 0.2) is 47.1 Å². The highest BCUT2D eigenvalue weighted by atomic mass is 79.9. The lowest BCUT2D eigenvalue weighted by atomic mass is 10.1. The summed E-state index contributed by atoms with van der Waals surface area (Å²) in [6.45, 7) is 1.52. The molecular weight excluding hydrogens is 358 g/mol. The predicted molar refractivity (Wildman–Crippen MR) is 82.6 cm³/mol. The molecule has 0 fully saturated rings. The van der Waals surface area contributed by atoms with Gasteiger partial charge in [0.1, 0.15) is 5.69 Å². The van der Waals surface area contributed by atoms with Gasteiger partial charge in [0.05, 0.1) is 0 Å². The highest BCUT2D eigenvalue weighted by Crippen LogP contribution is 2.14. The first kappa shape index (κ1) is 15.7. The van der Waals surface area contributed by atoms with E-state index in [9.17, 15) is 9.59 Å². The Hall–Kier alpha value is -1.72. The molecule has 21 heavy (non-hydrogen) atoms.